The van der Waals surface area contributed by atoms with Crippen LogP contribution in [0, 0.1) is 20.2 Å². The fourth-order valence-corrected chi connectivity index (χ4v) is 14.3. The maximum Gasteiger partial charge on any atom is 0.336 e. The molecule has 6 atom stereocenters. The van der Waals surface area contributed by atoms with E-state index in [1.54, 1.807) is 67.7 Å². The molecule has 50 heteroatoms. The summed E-state index contributed by atoms with van der Waals surface area (Å²) < 4.78 is 6.02. The molecule has 0 bridgehead atoms. The second kappa shape index (κ2) is 36.1. The number of nitrogen functional groups attached to an aromatic ring is 3. The van der Waals surface area contributed by atoms with E-state index in [0.717, 1.165) is 40.9 Å². The summed E-state index contributed by atoms with van der Waals surface area (Å²) in [4.78, 5) is 245. The number of aromatic carboxylic acids is 1. The predicted molar refractivity (Wildman–Crippen MR) is 435 cm³/mol. The Balaban J connectivity index is 0.000000130. The van der Waals surface area contributed by atoms with E-state index in [9.17, 15) is 116 Å². The zero-order chi connectivity index (χ0) is 91.3. The maximum absolute atomic E-state index is 12.6. The zero-order valence-corrected chi connectivity index (χ0v) is 65.7. The van der Waals surface area contributed by atoms with Gasteiger partial charge in [0, 0.05) is 86.0 Å². The van der Waals surface area contributed by atoms with Gasteiger partial charge in [-0.3, -0.25) is 133 Å². The van der Waals surface area contributed by atoms with Crippen molar-refractivity contribution in [3.63, 3.8) is 0 Å². The molecule has 12 aromatic rings. The number of Topliss-reactive ketones (excluding diaryl/α,β-unsaturated/α-hetero) is 2. The van der Waals surface area contributed by atoms with Crippen LogP contribution in [0.4, 0.5) is 28.4 Å². The summed E-state index contributed by atoms with van der Waals surface area (Å²) in [6.07, 6.45) is 3.62. The molecule has 0 radical (unpaired) electrons. The summed E-state index contributed by atoms with van der Waals surface area (Å²) in [6.45, 7) is 1.55. The Morgan fingerprint density at radius 3 is 1.37 bits per heavy atom. The lowest BCUT2D eigenvalue weighted by Gasteiger charge is -2.31. The van der Waals surface area contributed by atoms with E-state index >= 15 is 0 Å². The van der Waals surface area contributed by atoms with Crippen molar-refractivity contribution in [2.24, 2.45) is 0 Å². The molecule has 6 aromatic heterocycles. The van der Waals surface area contributed by atoms with E-state index in [1.807, 2.05) is 6.07 Å². The van der Waals surface area contributed by atoms with Gasteiger partial charge in [-0.2, -0.15) is 23.4 Å². The Labute approximate surface area is 703 Å². The standard InChI is InChI=1S/C15H14N2O3.C13H13N5O3.C13H10N4O5.2C12H9N5O5.C12H11N5O3/c16-11-3-1-2-9-6-7-17(15(20)14(9)11)12-5-4-10(18)8-13(12)19;1-13(6-5-9(19)15-12(13)21)18-11(20)10-7(14)3-2-4-8(10)16-17-18;18-9-5-4-8(11(19)14-9)17-12(20)10-6(13(21)22)2-1-3-7(10)15-16-17;18-10-4-3-9(11(19)13-10)16-12(20)7-5-6(17(21)22)1-2-8(7)14-15-16;18-10-4-3-9(11(19)13-10)16-12(20)7-2-1-6(17(21)22)5-8(7)14-15-16;13-6-1-2-7-8(5-6)15-16-17(12(7)20)9-3-4-10(18)14-11(9)19/h1-3,6-7,12H,4-5,8,16H2;2-4H,5-6,14H2,1H3,(H,15,19,21);1-3,8H,4-5H2,(H,21,22)(H,14,18,19);2*1-2,5,9H,3-4H2,(H,13,18,19);1-2,5,9H,3-4,13H2,(H,14,18,19). The number of nitro benzene ring substituents is 2. The van der Waals surface area contributed by atoms with Crippen LogP contribution in [0.15, 0.2) is 150 Å². The number of hydrogen-bond donors (Lipinski definition) is 9. The first kappa shape index (κ1) is 87.4. The van der Waals surface area contributed by atoms with Gasteiger partial charge in [0.25, 0.3) is 74.3 Å². The molecule has 50 nitrogen and oxygen atoms in total. The second-order valence-corrected chi connectivity index (χ2v) is 29.2. The highest BCUT2D eigenvalue weighted by molar-refractivity contribution is 6.06. The molecule has 12 N–H and O–H groups in total. The van der Waals surface area contributed by atoms with E-state index < -0.39 is 127 Å². The lowest BCUT2D eigenvalue weighted by Crippen LogP contribution is -2.56. The monoisotopic (exact) mass is 1740 g/mol. The molecule has 11 heterocycles. The molecule has 5 saturated heterocycles. The quantitative estimate of drug-likeness (QED) is 0.0279. The number of aromatic nitrogens is 16. The van der Waals surface area contributed by atoms with Crippen LogP contribution in [-0.2, 0) is 63.1 Å². The number of carbonyl (C=O) groups is 13. The summed E-state index contributed by atoms with van der Waals surface area (Å²) in [6, 6.07) is 23.8. The SMILES string of the molecule is CC1(n2nnc3cccc(N)c3c2=O)CCC(=O)NC1=O.Nc1ccc2c(=O)n(C3CCC(=O)NC3=O)nnc2c1.Nc1cccc2ccn(C3CCC(=O)CC3=O)c(=O)c12.O=C1CCC(n2nnc3cc([N+](=O)[O-])ccc3c2=O)C(=O)N1.O=C1CCC(n2nnc3ccc([N+](=O)[O-])cc3c2=O)C(=O)N1.O=C1CCC(n2nnc3cccc(C(=O)O)c3c2=O)C(=O)N1. The molecule has 10 amide bonds. The van der Waals surface area contributed by atoms with E-state index in [0.29, 0.717) is 46.0 Å². The summed E-state index contributed by atoms with van der Waals surface area (Å²) in [7, 11) is 0. The van der Waals surface area contributed by atoms with Crippen molar-refractivity contribution < 1.29 is 77.3 Å². The number of benzene rings is 6. The normalized spacial score (nSPS) is 19.3. The number of hydrogen-bond acceptors (Lipinski definition) is 36. The number of amides is 10. The van der Waals surface area contributed by atoms with Crippen molar-refractivity contribution >= 4 is 170 Å². The summed E-state index contributed by atoms with van der Waals surface area (Å²) in [5.41, 5.74) is 14.5. The number of nitrogens with two attached hydrogens (primary N) is 3. The fourth-order valence-electron chi connectivity index (χ4n) is 14.3. The first-order valence-electron chi connectivity index (χ1n) is 38.1. The van der Waals surface area contributed by atoms with Crippen molar-refractivity contribution in [3.8, 4) is 0 Å². The maximum atomic E-state index is 12.6. The van der Waals surface area contributed by atoms with Gasteiger partial charge in [-0.15, -0.1) is 25.5 Å². The lowest BCUT2D eigenvalue weighted by molar-refractivity contribution is -0.384. The first-order chi connectivity index (χ1) is 60.5. The molecule has 127 heavy (non-hydrogen) atoms. The fraction of sp³-hybridized carbons (Fsp3) is 0.260. The van der Waals surface area contributed by atoms with Crippen LogP contribution in [0.25, 0.3) is 65.3 Å². The number of ketones is 2. The van der Waals surface area contributed by atoms with Crippen LogP contribution < -0.4 is 77.1 Å². The van der Waals surface area contributed by atoms with Gasteiger partial charge in [-0.05, 0) is 118 Å². The van der Waals surface area contributed by atoms with Crippen LogP contribution in [0.2, 0.25) is 0 Å². The molecule has 6 aromatic carbocycles. The summed E-state index contributed by atoms with van der Waals surface area (Å²) >= 11 is 0. The number of pyridine rings is 1. The number of carbonyl (C=O) groups excluding carboxylic acids is 12. The Bertz CT molecular complexity index is 7170. The molecular weight excluding hydrogens is 1670 g/mol. The van der Waals surface area contributed by atoms with Crippen molar-refractivity contribution in [1.82, 2.24) is 106 Å². The molecular formula is C77H66N26O24. The van der Waals surface area contributed by atoms with E-state index in [4.69, 9.17) is 17.2 Å². The highest BCUT2D eigenvalue weighted by Crippen LogP contribution is 2.29. The van der Waals surface area contributed by atoms with Gasteiger partial charge in [0.1, 0.15) is 63.1 Å². The molecule has 6 aliphatic rings. The number of fused-ring (bicyclic) bond motifs is 6. The second-order valence-electron chi connectivity index (χ2n) is 29.2. The zero-order valence-electron chi connectivity index (χ0n) is 65.7. The number of anilines is 3. The average Bonchev–Trinajstić information content (AvgIpc) is 0.760. The van der Waals surface area contributed by atoms with Gasteiger partial charge in [0.05, 0.1) is 60.2 Å². The highest BCUT2D eigenvalue weighted by Gasteiger charge is 2.43. The topological polar surface area (TPSA) is 728 Å². The number of nitrogens with zero attached hydrogens (tertiary/aromatic N) is 18. The smallest absolute Gasteiger partial charge is 0.336 e. The van der Waals surface area contributed by atoms with Crippen molar-refractivity contribution in [2.45, 2.75) is 126 Å². The Morgan fingerprint density at radius 1 is 0.425 bits per heavy atom. The van der Waals surface area contributed by atoms with Crippen LogP contribution in [-0.4, -0.2) is 171 Å². The number of nitrogens with one attached hydrogen (secondary N) is 5. The van der Waals surface area contributed by atoms with Crippen LogP contribution in [0.5, 0.6) is 0 Å². The summed E-state index contributed by atoms with van der Waals surface area (Å²) in [5, 5.41) is 81.1. The van der Waals surface area contributed by atoms with Gasteiger partial charge in [-0.25, -0.2) is 4.79 Å². The van der Waals surface area contributed by atoms with E-state index in [2.05, 4.69) is 78.1 Å². The number of non-ortho nitro benzene ring substituents is 2. The van der Waals surface area contributed by atoms with E-state index in [-0.39, 0.29) is 160 Å². The van der Waals surface area contributed by atoms with Crippen LogP contribution in [0.3, 0.4) is 0 Å². The van der Waals surface area contributed by atoms with Crippen LogP contribution >= 0.6 is 0 Å². The summed E-state index contributed by atoms with van der Waals surface area (Å²) in [5.74, 6) is -6.49. The van der Waals surface area contributed by atoms with E-state index in [1.165, 1.54) is 47.0 Å². The number of carboxylic acids is 1. The Morgan fingerprint density at radius 2 is 0.858 bits per heavy atom. The Hall–Kier alpha value is -17.4. The third kappa shape index (κ3) is 18.2. The minimum Gasteiger partial charge on any atom is -0.478 e. The lowest BCUT2D eigenvalue weighted by atomic mass is 9.91. The third-order valence-electron chi connectivity index (χ3n) is 21.0. The highest BCUT2D eigenvalue weighted by atomic mass is 16.6. The molecule has 18 rings (SSSR count). The number of piperidine rings is 5. The third-order valence-corrected chi connectivity index (χ3v) is 21.0. The van der Waals surface area contributed by atoms with Crippen molar-refractivity contribution in [2.75, 3.05) is 17.2 Å². The largest absolute Gasteiger partial charge is 0.478 e. The van der Waals surface area contributed by atoms with Gasteiger partial charge >= 0.3 is 5.97 Å². The van der Waals surface area contributed by atoms with Crippen molar-refractivity contribution in [3.05, 3.63) is 209 Å². The molecule has 1 saturated carbocycles. The van der Waals surface area contributed by atoms with Gasteiger partial charge in [0.2, 0.25) is 29.5 Å². The van der Waals surface area contributed by atoms with Gasteiger partial charge in [0.15, 0.2) is 5.78 Å². The first-order valence-corrected chi connectivity index (χ1v) is 38.1. The van der Waals surface area contributed by atoms with Crippen LogP contribution in [0.1, 0.15) is 131 Å². The molecule has 648 valence electrons. The molecule has 6 unspecified atom stereocenters. The minimum atomic E-state index is -1.27. The molecule has 6 fully saturated rings. The number of carboxylic acid groups (broad SMARTS) is 1. The number of imide groups is 5. The Kier molecular flexibility index (Phi) is 24.8. The average molecular weight is 1740 g/mol. The van der Waals surface area contributed by atoms with Gasteiger partial charge < -0.3 is 26.9 Å². The van der Waals surface area contributed by atoms with Crippen molar-refractivity contribution in [1.29, 1.82) is 0 Å². The molecule has 1 aliphatic carbocycles. The van der Waals surface area contributed by atoms with Gasteiger partial charge in [-0.1, -0.05) is 50.3 Å². The molecule has 5 aliphatic heterocycles. The minimum absolute atomic E-state index is 0.00565. The number of nitro groups is 2. The number of rotatable bonds is 9. The molecule has 0 spiro atoms. The predicted octanol–water partition coefficient (Wildman–Crippen LogP) is -0.854.